The molecule has 0 aromatic rings. The van der Waals surface area contributed by atoms with Gasteiger partial charge >= 0.3 is 0 Å². The summed E-state index contributed by atoms with van der Waals surface area (Å²) in [5, 5.41) is 13.8. The molecule has 358 valence electrons. The van der Waals surface area contributed by atoms with Gasteiger partial charge in [0.15, 0.2) is 0 Å². The Morgan fingerprint density at radius 3 is 1.25 bits per heavy atom. The second-order valence-electron chi connectivity index (χ2n) is 19.2. The third kappa shape index (κ3) is 45.3. The van der Waals surface area contributed by atoms with Crippen LogP contribution in [-0.2, 0) is 18.4 Å². The average Bonchev–Trinajstić information content (AvgIpc) is 3.20. The normalized spacial score (nSPS) is 14.2. The van der Waals surface area contributed by atoms with Gasteiger partial charge in [-0.25, -0.2) is 0 Å². The Labute approximate surface area is 373 Å². The Kier molecular flexibility index (Phi) is 42.9. The molecule has 3 unspecified atom stereocenters. The molecule has 0 aliphatic heterocycles. The summed E-state index contributed by atoms with van der Waals surface area (Å²) in [6, 6.07) is -0.880. The molecule has 0 aromatic heterocycles. The van der Waals surface area contributed by atoms with E-state index in [4.69, 9.17) is 9.05 Å². The van der Waals surface area contributed by atoms with Crippen LogP contribution in [0.25, 0.3) is 0 Å². The smallest absolute Gasteiger partial charge is 0.268 e. The maximum atomic E-state index is 12.8. The first-order chi connectivity index (χ1) is 29.0. The van der Waals surface area contributed by atoms with E-state index in [1.807, 2.05) is 27.2 Å². The van der Waals surface area contributed by atoms with Crippen LogP contribution in [0, 0.1) is 0 Å². The summed E-state index contributed by atoms with van der Waals surface area (Å²) in [7, 11) is 1.27. The van der Waals surface area contributed by atoms with Crippen LogP contribution in [0.4, 0.5) is 0 Å². The number of nitrogens with zero attached hydrogens (tertiary/aromatic N) is 1. The minimum atomic E-state index is -4.58. The van der Waals surface area contributed by atoms with Crippen LogP contribution in [0.1, 0.15) is 258 Å². The van der Waals surface area contributed by atoms with Gasteiger partial charge in [-0.1, -0.05) is 244 Å². The van der Waals surface area contributed by atoms with Gasteiger partial charge in [0.05, 0.1) is 39.9 Å². The number of hydrogen-bond donors (Lipinski definition) is 2. The van der Waals surface area contributed by atoms with E-state index in [1.165, 1.54) is 199 Å². The number of aliphatic hydroxyl groups is 1. The summed E-state index contributed by atoms with van der Waals surface area (Å²) >= 11 is 0. The Morgan fingerprint density at radius 2 is 0.900 bits per heavy atom. The van der Waals surface area contributed by atoms with Crippen molar-refractivity contribution in [3.05, 3.63) is 12.2 Å². The van der Waals surface area contributed by atoms with Gasteiger partial charge in [-0.3, -0.25) is 9.36 Å². The lowest BCUT2D eigenvalue weighted by atomic mass is 10.0. The predicted molar refractivity (Wildman–Crippen MR) is 256 cm³/mol. The largest absolute Gasteiger partial charge is 0.756 e. The quantitative estimate of drug-likeness (QED) is 0.0273. The Bertz CT molecular complexity index is 989. The minimum absolute atomic E-state index is 0.00211. The van der Waals surface area contributed by atoms with E-state index in [1.54, 1.807) is 6.08 Å². The van der Waals surface area contributed by atoms with Crippen molar-refractivity contribution in [3.63, 3.8) is 0 Å². The fourth-order valence-electron chi connectivity index (χ4n) is 7.86. The number of rotatable bonds is 48. The average molecular weight is 871 g/mol. The molecular weight excluding hydrogens is 768 g/mol. The maximum Gasteiger partial charge on any atom is 0.268 e. The van der Waals surface area contributed by atoms with Gasteiger partial charge in [0.2, 0.25) is 5.91 Å². The number of allylic oxidation sites excluding steroid dienone is 1. The number of aliphatic hydroxyl groups excluding tert-OH is 1. The number of phosphoric ester groups is 1. The van der Waals surface area contributed by atoms with Crippen LogP contribution in [0.2, 0.25) is 0 Å². The highest BCUT2D eigenvalue weighted by Gasteiger charge is 2.23. The molecule has 8 nitrogen and oxygen atoms in total. The molecule has 2 N–H and O–H groups in total. The number of carbonyl (C=O) groups excluding carboxylic acids is 1. The summed E-state index contributed by atoms with van der Waals surface area (Å²) in [5.74, 6) is -0.197. The molecule has 9 heteroatoms. The SMILES string of the molecule is CCCCCCCCCCCCCCCCCCCCCCCCCCCC/C=C/C(O)C(COP(=O)([O-])OCC[N+](C)(C)C)NC(=O)CCCCCCCCCCCC. The molecule has 0 aromatic carbocycles. The maximum absolute atomic E-state index is 12.8. The first-order valence-corrected chi connectivity index (χ1v) is 27.5. The minimum Gasteiger partial charge on any atom is -0.756 e. The molecular formula is C51H103N2O6P. The van der Waals surface area contributed by atoms with Crippen molar-refractivity contribution in [2.45, 2.75) is 270 Å². The van der Waals surface area contributed by atoms with Crippen molar-refractivity contribution in [2.75, 3.05) is 40.9 Å². The number of likely N-dealkylation sites (N-methyl/N-ethyl adjacent to an activating group) is 1. The molecule has 0 bridgehead atoms. The lowest BCUT2D eigenvalue weighted by molar-refractivity contribution is -0.870. The van der Waals surface area contributed by atoms with Crippen LogP contribution >= 0.6 is 7.82 Å². The Balaban J connectivity index is 4.08. The number of quaternary nitrogens is 1. The van der Waals surface area contributed by atoms with E-state index in [2.05, 4.69) is 19.2 Å². The first kappa shape index (κ1) is 59.2. The molecule has 0 fully saturated rings. The van der Waals surface area contributed by atoms with Crippen LogP contribution in [-0.4, -0.2) is 68.5 Å². The monoisotopic (exact) mass is 871 g/mol. The fraction of sp³-hybridized carbons (Fsp3) is 0.941. The molecule has 0 radical (unpaired) electrons. The number of nitrogens with one attached hydrogen (secondary N) is 1. The van der Waals surface area contributed by atoms with Crippen molar-refractivity contribution in [1.29, 1.82) is 0 Å². The molecule has 3 atom stereocenters. The second-order valence-corrected chi connectivity index (χ2v) is 20.7. The standard InChI is InChI=1S/C51H103N2O6P/c1-6-8-10-12-14-16-18-19-20-21-22-23-24-25-26-27-28-29-30-31-32-33-34-35-36-38-40-42-44-50(54)49(48-59-60(56,57)58-47-46-53(3,4)5)52-51(55)45-43-41-39-37-17-15-13-11-9-7-2/h42,44,49-50,54H,6-41,43,45-48H2,1-5H3,(H-,52,55,56,57)/b44-42+. The lowest BCUT2D eigenvalue weighted by Crippen LogP contribution is -2.45. The van der Waals surface area contributed by atoms with Crippen molar-refractivity contribution < 1.29 is 32.9 Å². The highest BCUT2D eigenvalue weighted by atomic mass is 31.2. The van der Waals surface area contributed by atoms with Crippen molar-refractivity contribution in [1.82, 2.24) is 5.32 Å². The molecule has 1 amide bonds. The zero-order valence-electron chi connectivity index (χ0n) is 40.7. The number of hydrogen-bond acceptors (Lipinski definition) is 6. The number of phosphoric acid groups is 1. The number of carbonyl (C=O) groups is 1. The van der Waals surface area contributed by atoms with Gasteiger partial charge < -0.3 is 28.8 Å². The Hall–Kier alpha value is -0.760. The highest BCUT2D eigenvalue weighted by molar-refractivity contribution is 7.45. The van der Waals surface area contributed by atoms with E-state index in [0.29, 0.717) is 17.4 Å². The van der Waals surface area contributed by atoms with Gasteiger partial charge in [0, 0.05) is 6.42 Å². The molecule has 0 rings (SSSR count). The molecule has 0 heterocycles. The summed E-state index contributed by atoms with van der Waals surface area (Å²) < 4.78 is 23.2. The summed E-state index contributed by atoms with van der Waals surface area (Å²) in [6.45, 7) is 4.66. The third-order valence-corrected chi connectivity index (χ3v) is 13.0. The third-order valence-electron chi connectivity index (χ3n) is 12.0. The van der Waals surface area contributed by atoms with Crippen LogP contribution < -0.4 is 10.2 Å². The zero-order valence-corrected chi connectivity index (χ0v) is 41.6. The first-order valence-electron chi connectivity index (χ1n) is 26.1. The summed E-state index contributed by atoms with van der Waals surface area (Å²) in [5.41, 5.74) is 0. The molecule has 0 aliphatic rings. The van der Waals surface area contributed by atoms with Crippen LogP contribution in [0.5, 0.6) is 0 Å². The summed E-state index contributed by atoms with van der Waals surface area (Å²) in [4.78, 5) is 25.3. The van der Waals surface area contributed by atoms with Gasteiger partial charge in [-0.2, -0.15) is 0 Å². The molecule has 0 aliphatic carbocycles. The van der Waals surface area contributed by atoms with E-state index in [9.17, 15) is 19.4 Å². The van der Waals surface area contributed by atoms with Gasteiger partial charge in [0.1, 0.15) is 13.2 Å². The van der Waals surface area contributed by atoms with Crippen molar-refractivity contribution >= 4 is 13.7 Å². The van der Waals surface area contributed by atoms with Crippen molar-refractivity contribution in [3.8, 4) is 0 Å². The van der Waals surface area contributed by atoms with Gasteiger partial charge in [-0.05, 0) is 19.3 Å². The van der Waals surface area contributed by atoms with E-state index in [0.717, 1.165) is 38.5 Å². The van der Waals surface area contributed by atoms with E-state index < -0.39 is 20.0 Å². The molecule has 0 saturated carbocycles. The highest BCUT2D eigenvalue weighted by Crippen LogP contribution is 2.38. The summed E-state index contributed by atoms with van der Waals surface area (Å²) in [6.07, 6.45) is 51.5. The zero-order chi connectivity index (χ0) is 44.3. The van der Waals surface area contributed by atoms with Crippen LogP contribution in [0.15, 0.2) is 12.2 Å². The van der Waals surface area contributed by atoms with Gasteiger partial charge in [-0.15, -0.1) is 0 Å². The van der Waals surface area contributed by atoms with Crippen LogP contribution in [0.3, 0.4) is 0 Å². The lowest BCUT2D eigenvalue weighted by Gasteiger charge is -2.29. The Morgan fingerprint density at radius 1 is 0.567 bits per heavy atom. The molecule has 0 spiro atoms. The van der Waals surface area contributed by atoms with E-state index in [-0.39, 0.29) is 19.1 Å². The van der Waals surface area contributed by atoms with E-state index >= 15 is 0 Å². The van der Waals surface area contributed by atoms with Crippen molar-refractivity contribution in [2.24, 2.45) is 0 Å². The second kappa shape index (κ2) is 43.5. The molecule has 0 saturated heterocycles. The predicted octanol–water partition coefficient (Wildman–Crippen LogP) is 14.5. The topological polar surface area (TPSA) is 108 Å². The molecule has 60 heavy (non-hydrogen) atoms. The number of unbranched alkanes of at least 4 members (excludes halogenated alkanes) is 35. The number of amides is 1. The fourth-order valence-corrected chi connectivity index (χ4v) is 8.58. The van der Waals surface area contributed by atoms with Gasteiger partial charge in [0.25, 0.3) is 7.82 Å².